The second kappa shape index (κ2) is 3.32. The monoisotopic (exact) mass is 195 g/mol. The highest BCUT2D eigenvalue weighted by Crippen LogP contribution is 2.47. The van der Waals surface area contributed by atoms with E-state index in [1.807, 2.05) is 12.1 Å². The zero-order valence-electron chi connectivity index (χ0n) is 7.59. The maximum atomic E-state index is 5.81. The third kappa shape index (κ3) is 2.04. The molecule has 2 heteroatoms. The van der Waals surface area contributed by atoms with E-state index < -0.39 is 0 Å². The van der Waals surface area contributed by atoms with Gasteiger partial charge in [-0.05, 0) is 48.9 Å². The molecule has 1 aromatic rings. The summed E-state index contributed by atoms with van der Waals surface area (Å²) in [6.07, 6.45) is 3.68. The summed E-state index contributed by atoms with van der Waals surface area (Å²) < 4.78 is 0. The first-order chi connectivity index (χ1) is 6.24. The zero-order valence-corrected chi connectivity index (χ0v) is 8.35. The van der Waals surface area contributed by atoms with Crippen LogP contribution in [0.2, 0.25) is 5.02 Å². The van der Waals surface area contributed by atoms with Crippen LogP contribution in [0, 0.1) is 5.41 Å². The van der Waals surface area contributed by atoms with Crippen LogP contribution in [-0.4, -0.2) is 6.54 Å². The van der Waals surface area contributed by atoms with Crippen molar-refractivity contribution in [1.82, 2.24) is 0 Å². The van der Waals surface area contributed by atoms with Crippen molar-refractivity contribution in [2.45, 2.75) is 19.3 Å². The SMILES string of the molecule is NCC1(Cc2ccc(Cl)cc2)CC1. The van der Waals surface area contributed by atoms with Crippen LogP contribution in [0.25, 0.3) is 0 Å². The second-order valence-electron chi connectivity index (χ2n) is 4.01. The van der Waals surface area contributed by atoms with Gasteiger partial charge >= 0.3 is 0 Å². The number of nitrogens with two attached hydrogens (primary N) is 1. The molecule has 0 aromatic heterocycles. The lowest BCUT2D eigenvalue weighted by Crippen LogP contribution is -2.17. The fourth-order valence-electron chi connectivity index (χ4n) is 1.67. The van der Waals surface area contributed by atoms with E-state index in [9.17, 15) is 0 Å². The molecule has 1 fully saturated rings. The third-order valence-corrected chi connectivity index (χ3v) is 3.13. The van der Waals surface area contributed by atoms with E-state index >= 15 is 0 Å². The smallest absolute Gasteiger partial charge is 0.0406 e. The minimum Gasteiger partial charge on any atom is -0.330 e. The average molecular weight is 196 g/mol. The number of halogens is 1. The molecule has 2 rings (SSSR count). The van der Waals surface area contributed by atoms with Crippen LogP contribution >= 0.6 is 11.6 Å². The summed E-state index contributed by atoms with van der Waals surface area (Å²) in [6, 6.07) is 8.09. The molecule has 1 nitrogen and oxygen atoms in total. The lowest BCUT2D eigenvalue weighted by Gasteiger charge is -2.11. The van der Waals surface area contributed by atoms with E-state index in [0.717, 1.165) is 18.0 Å². The number of hydrogen-bond acceptors (Lipinski definition) is 1. The van der Waals surface area contributed by atoms with E-state index in [2.05, 4.69) is 12.1 Å². The molecule has 1 saturated carbocycles. The first kappa shape index (κ1) is 9.04. The molecule has 0 amide bonds. The van der Waals surface area contributed by atoms with E-state index in [-0.39, 0.29) is 0 Å². The first-order valence-corrected chi connectivity index (χ1v) is 5.06. The average Bonchev–Trinajstić information content (AvgIpc) is 2.90. The van der Waals surface area contributed by atoms with Crippen LogP contribution < -0.4 is 5.73 Å². The van der Waals surface area contributed by atoms with Gasteiger partial charge in [-0.15, -0.1) is 0 Å². The number of rotatable bonds is 3. The molecule has 0 spiro atoms. The molecular formula is C11H14ClN. The molecule has 1 aromatic carbocycles. The van der Waals surface area contributed by atoms with Gasteiger partial charge in [0.05, 0.1) is 0 Å². The van der Waals surface area contributed by atoms with Gasteiger partial charge in [-0.25, -0.2) is 0 Å². The van der Waals surface area contributed by atoms with Crippen molar-refractivity contribution in [2.24, 2.45) is 11.1 Å². The van der Waals surface area contributed by atoms with Crippen molar-refractivity contribution in [3.63, 3.8) is 0 Å². The fourth-order valence-corrected chi connectivity index (χ4v) is 1.79. The lowest BCUT2D eigenvalue weighted by molar-refractivity contribution is 0.521. The Morgan fingerprint density at radius 1 is 1.23 bits per heavy atom. The fraction of sp³-hybridized carbons (Fsp3) is 0.455. The van der Waals surface area contributed by atoms with Crippen molar-refractivity contribution in [1.29, 1.82) is 0 Å². The quantitative estimate of drug-likeness (QED) is 0.789. The zero-order chi connectivity index (χ0) is 9.31. The Kier molecular flexibility index (Phi) is 2.31. The summed E-state index contributed by atoms with van der Waals surface area (Å²) in [6.45, 7) is 0.815. The Morgan fingerprint density at radius 2 is 1.85 bits per heavy atom. The number of benzene rings is 1. The maximum Gasteiger partial charge on any atom is 0.0406 e. The molecule has 0 heterocycles. The molecule has 0 unspecified atom stereocenters. The lowest BCUT2D eigenvalue weighted by atomic mass is 9.97. The van der Waals surface area contributed by atoms with Crippen LogP contribution in [0.3, 0.4) is 0 Å². The van der Waals surface area contributed by atoms with Gasteiger partial charge in [0.2, 0.25) is 0 Å². The van der Waals surface area contributed by atoms with Gasteiger partial charge in [0.15, 0.2) is 0 Å². The summed E-state index contributed by atoms with van der Waals surface area (Å²) in [5.74, 6) is 0. The summed E-state index contributed by atoms with van der Waals surface area (Å²) >= 11 is 5.81. The molecule has 0 bridgehead atoms. The minimum atomic E-state index is 0.424. The Labute approximate surface area is 83.9 Å². The van der Waals surface area contributed by atoms with Crippen molar-refractivity contribution < 1.29 is 0 Å². The molecule has 1 aliphatic rings. The van der Waals surface area contributed by atoms with Crippen molar-refractivity contribution in [3.05, 3.63) is 34.9 Å². The van der Waals surface area contributed by atoms with Gasteiger partial charge < -0.3 is 5.73 Å². The summed E-state index contributed by atoms with van der Waals surface area (Å²) in [4.78, 5) is 0. The Balaban J connectivity index is 2.06. The second-order valence-corrected chi connectivity index (χ2v) is 4.44. The van der Waals surface area contributed by atoms with E-state index in [1.165, 1.54) is 18.4 Å². The highest BCUT2D eigenvalue weighted by molar-refractivity contribution is 6.30. The van der Waals surface area contributed by atoms with Crippen molar-refractivity contribution in [2.75, 3.05) is 6.54 Å². The molecule has 13 heavy (non-hydrogen) atoms. The van der Waals surface area contributed by atoms with Gasteiger partial charge in [-0.2, -0.15) is 0 Å². The molecular weight excluding hydrogens is 182 g/mol. The van der Waals surface area contributed by atoms with Crippen LogP contribution in [0.15, 0.2) is 24.3 Å². The highest BCUT2D eigenvalue weighted by Gasteiger charge is 2.40. The van der Waals surface area contributed by atoms with Crippen LogP contribution in [-0.2, 0) is 6.42 Å². The third-order valence-electron chi connectivity index (χ3n) is 2.88. The predicted octanol–water partition coefficient (Wildman–Crippen LogP) is 2.62. The molecule has 70 valence electrons. The molecule has 0 saturated heterocycles. The molecule has 2 N–H and O–H groups in total. The summed E-state index contributed by atoms with van der Waals surface area (Å²) in [5, 5.41) is 0.807. The molecule has 1 aliphatic carbocycles. The van der Waals surface area contributed by atoms with E-state index in [0.29, 0.717) is 5.41 Å². The highest BCUT2D eigenvalue weighted by atomic mass is 35.5. The minimum absolute atomic E-state index is 0.424. The van der Waals surface area contributed by atoms with Crippen LogP contribution in [0.5, 0.6) is 0 Å². The van der Waals surface area contributed by atoms with Crippen molar-refractivity contribution in [3.8, 4) is 0 Å². The Hall–Kier alpha value is -0.530. The van der Waals surface area contributed by atoms with Crippen molar-refractivity contribution >= 4 is 11.6 Å². The summed E-state index contributed by atoms with van der Waals surface area (Å²) in [5.41, 5.74) is 7.50. The molecule has 0 atom stereocenters. The van der Waals surface area contributed by atoms with Gasteiger partial charge in [0.1, 0.15) is 0 Å². The van der Waals surface area contributed by atoms with Gasteiger partial charge in [-0.3, -0.25) is 0 Å². The standard InChI is InChI=1S/C11H14ClN/c12-10-3-1-9(2-4-10)7-11(8-13)5-6-11/h1-4H,5-8,13H2. The Morgan fingerprint density at radius 3 is 2.31 bits per heavy atom. The van der Waals surface area contributed by atoms with Gasteiger partial charge in [0.25, 0.3) is 0 Å². The molecule has 0 radical (unpaired) electrons. The molecule has 0 aliphatic heterocycles. The maximum absolute atomic E-state index is 5.81. The van der Waals surface area contributed by atoms with Gasteiger partial charge in [0, 0.05) is 5.02 Å². The summed E-state index contributed by atoms with van der Waals surface area (Å²) in [7, 11) is 0. The topological polar surface area (TPSA) is 26.0 Å². The first-order valence-electron chi connectivity index (χ1n) is 4.69. The van der Waals surface area contributed by atoms with Crippen LogP contribution in [0.4, 0.5) is 0 Å². The van der Waals surface area contributed by atoms with Crippen LogP contribution in [0.1, 0.15) is 18.4 Å². The Bertz CT molecular complexity index is 287. The van der Waals surface area contributed by atoms with E-state index in [1.54, 1.807) is 0 Å². The normalized spacial score (nSPS) is 18.6. The van der Waals surface area contributed by atoms with Gasteiger partial charge in [-0.1, -0.05) is 23.7 Å². The predicted molar refractivity (Wildman–Crippen MR) is 55.9 cm³/mol. The largest absolute Gasteiger partial charge is 0.330 e. The number of hydrogen-bond donors (Lipinski definition) is 1. The van der Waals surface area contributed by atoms with E-state index in [4.69, 9.17) is 17.3 Å².